The van der Waals surface area contributed by atoms with Crippen molar-refractivity contribution in [2.75, 3.05) is 23.7 Å². The van der Waals surface area contributed by atoms with Crippen LogP contribution in [0.2, 0.25) is 0 Å². The molecule has 7 nitrogen and oxygen atoms in total. The lowest BCUT2D eigenvalue weighted by molar-refractivity contribution is 0.0474. The maximum atomic E-state index is 12.3. The molecule has 0 amide bonds. The average Bonchev–Trinajstić information content (AvgIpc) is 2.64. The summed E-state index contributed by atoms with van der Waals surface area (Å²) in [7, 11) is -3.35. The Morgan fingerprint density at radius 3 is 2.73 bits per heavy atom. The van der Waals surface area contributed by atoms with Crippen molar-refractivity contribution < 1.29 is 22.7 Å². The second-order valence-electron chi connectivity index (χ2n) is 6.02. The summed E-state index contributed by atoms with van der Waals surface area (Å²) in [5.41, 5.74) is 2.06. The van der Waals surface area contributed by atoms with Crippen molar-refractivity contribution in [3.63, 3.8) is 0 Å². The maximum absolute atomic E-state index is 12.3. The van der Waals surface area contributed by atoms with Crippen molar-refractivity contribution in [2.45, 2.75) is 12.8 Å². The third kappa shape index (κ3) is 3.91. The highest BCUT2D eigenvalue weighted by Crippen LogP contribution is 2.30. The zero-order valence-corrected chi connectivity index (χ0v) is 15.0. The van der Waals surface area contributed by atoms with Crippen molar-refractivity contribution in [2.24, 2.45) is 0 Å². The van der Waals surface area contributed by atoms with Crippen LogP contribution in [0.5, 0.6) is 0 Å². The number of carbonyl (C=O) groups is 2. The van der Waals surface area contributed by atoms with Crippen molar-refractivity contribution in [1.29, 1.82) is 0 Å². The number of hydrogen-bond acceptors (Lipinski definition) is 6. The first-order chi connectivity index (χ1) is 12.4. The SMILES string of the molecule is CS(=O)(=O)N1CCCc2cc(C(=O)COC(=O)c3cccnc3)ccc21. The first-order valence-corrected chi connectivity index (χ1v) is 9.92. The lowest BCUT2D eigenvalue weighted by atomic mass is 9.99. The summed E-state index contributed by atoms with van der Waals surface area (Å²) in [5, 5.41) is 0. The molecule has 0 radical (unpaired) electrons. The van der Waals surface area contributed by atoms with E-state index >= 15 is 0 Å². The summed E-state index contributed by atoms with van der Waals surface area (Å²) in [6.07, 6.45) is 5.45. The average molecular weight is 374 g/mol. The van der Waals surface area contributed by atoms with Gasteiger partial charge in [-0.2, -0.15) is 0 Å². The first-order valence-electron chi connectivity index (χ1n) is 8.07. The minimum Gasteiger partial charge on any atom is -0.454 e. The fourth-order valence-corrected chi connectivity index (χ4v) is 3.86. The maximum Gasteiger partial charge on any atom is 0.340 e. The summed E-state index contributed by atoms with van der Waals surface area (Å²) in [5.74, 6) is -0.964. The van der Waals surface area contributed by atoms with Gasteiger partial charge in [0.1, 0.15) is 0 Å². The van der Waals surface area contributed by atoms with Gasteiger partial charge in [0.05, 0.1) is 17.5 Å². The lowest BCUT2D eigenvalue weighted by Gasteiger charge is -2.29. The number of nitrogens with zero attached hydrogens (tertiary/aromatic N) is 2. The van der Waals surface area contributed by atoms with E-state index in [9.17, 15) is 18.0 Å². The molecule has 0 spiro atoms. The number of aromatic nitrogens is 1. The number of carbonyl (C=O) groups excluding carboxylic acids is 2. The van der Waals surface area contributed by atoms with Gasteiger partial charge in [0.15, 0.2) is 12.4 Å². The number of ether oxygens (including phenoxy) is 1. The molecule has 136 valence electrons. The summed E-state index contributed by atoms with van der Waals surface area (Å²) >= 11 is 0. The van der Waals surface area contributed by atoms with E-state index in [2.05, 4.69) is 4.98 Å². The number of Topliss-reactive ketones (excluding diaryl/α,β-unsaturated/α-hetero) is 1. The van der Waals surface area contributed by atoms with Crippen LogP contribution in [-0.2, 0) is 21.2 Å². The number of benzene rings is 1. The van der Waals surface area contributed by atoms with Crippen LogP contribution in [0.1, 0.15) is 32.7 Å². The molecule has 2 heterocycles. The standard InChI is InChI=1S/C18H18N2O5S/c1-26(23,24)20-9-3-5-13-10-14(6-7-16(13)20)17(21)12-25-18(22)15-4-2-8-19-11-15/h2,4,6-8,10-11H,3,5,9,12H2,1H3. The van der Waals surface area contributed by atoms with Crippen LogP contribution in [-0.4, -0.2) is 44.6 Å². The van der Waals surface area contributed by atoms with Gasteiger partial charge in [-0.05, 0) is 48.7 Å². The molecule has 0 N–H and O–H groups in total. The third-order valence-electron chi connectivity index (χ3n) is 4.11. The van der Waals surface area contributed by atoms with Gasteiger partial charge in [0, 0.05) is 24.5 Å². The Labute approximate surface area is 151 Å². The van der Waals surface area contributed by atoms with Crippen molar-refractivity contribution in [3.8, 4) is 0 Å². The molecule has 0 fully saturated rings. The van der Waals surface area contributed by atoms with Crippen LogP contribution >= 0.6 is 0 Å². The fourth-order valence-electron chi connectivity index (χ4n) is 2.86. The zero-order valence-electron chi connectivity index (χ0n) is 14.2. The number of rotatable bonds is 5. The Hall–Kier alpha value is -2.74. The molecule has 8 heteroatoms. The van der Waals surface area contributed by atoms with Gasteiger partial charge in [0.25, 0.3) is 0 Å². The fraction of sp³-hybridized carbons (Fsp3) is 0.278. The van der Waals surface area contributed by atoms with Crippen molar-refractivity contribution >= 4 is 27.5 Å². The minimum absolute atomic E-state index is 0.273. The van der Waals surface area contributed by atoms with Crippen LogP contribution < -0.4 is 4.31 Å². The monoisotopic (exact) mass is 374 g/mol. The minimum atomic E-state index is -3.35. The summed E-state index contributed by atoms with van der Waals surface area (Å²) < 4.78 is 30.1. The topological polar surface area (TPSA) is 93.6 Å². The highest BCUT2D eigenvalue weighted by molar-refractivity contribution is 7.92. The molecule has 0 aliphatic carbocycles. The van der Waals surface area contributed by atoms with Gasteiger partial charge < -0.3 is 4.74 Å². The van der Waals surface area contributed by atoms with Crippen LogP contribution in [0.15, 0.2) is 42.7 Å². The number of esters is 1. The highest BCUT2D eigenvalue weighted by Gasteiger charge is 2.24. The van der Waals surface area contributed by atoms with Crippen molar-refractivity contribution in [1.82, 2.24) is 4.98 Å². The second-order valence-corrected chi connectivity index (χ2v) is 7.93. The Morgan fingerprint density at radius 1 is 1.23 bits per heavy atom. The molecule has 26 heavy (non-hydrogen) atoms. The van der Waals surface area contributed by atoms with Crippen LogP contribution in [0.25, 0.3) is 0 Å². The number of pyridine rings is 1. The smallest absolute Gasteiger partial charge is 0.340 e. The summed E-state index contributed by atoms with van der Waals surface area (Å²) in [6.45, 7) is 0.0458. The molecule has 0 unspecified atom stereocenters. The predicted molar refractivity (Wildman–Crippen MR) is 95.8 cm³/mol. The number of sulfonamides is 1. The van der Waals surface area contributed by atoms with E-state index in [1.165, 1.54) is 23.0 Å². The summed E-state index contributed by atoms with van der Waals surface area (Å²) in [6, 6.07) is 8.02. The Bertz CT molecular complexity index is 941. The molecule has 0 atom stereocenters. The van der Waals surface area contributed by atoms with E-state index in [0.717, 1.165) is 5.56 Å². The van der Waals surface area contributed by atoms with Gasteiger partial charge in [-0.3, -0.25) is 14.1 Å². The molecule has 3 rings (SSSR count). The first kappa shape index (κ1) is 18.1. The molecule has 1 aromatic carbocycles. The highest BCUT2D eigenvalue weighted by atomic mass is 32.2. The molecule has 1 aromatic heterocycles. The normalized spacial score (nSPS) is 13.8. The van der Waals surface area contributed by atoms with Gasteiger partial charge in [-0.1, -0.05) is 0 Å². The number of fused-ring (bicyclic) bond motifs is 1. The largest absolute Gasteiger partial charge is 0.454 e. The van der Waals surface area contributed by atoms with Gasteiger partial charge in [-0.15, -0.1) is 0 Å². The van der Waals surface area contributed by atoms with Gasteiger partial charge >= 0.3 is 5.97 Å². The number of anilines is 1. The van der Waals surface area contributed by atoms with E-state index in [-0.39, 0.29) is 18.0 Å². The Kier molecular flexibility index (Phi) is 5.03. The lowest BCUT2D eigenvalue weighted by Crippen LogP contribution is -2.34. The summed E-state index contributed by atoms with van der Waals surface area (Å²) in [4.78, 5) is 28.0. The van der Waals surface area contributed by atoms with Crippen LogP contribution in [0.3, 0.4) is 0 Å². The third-order valence-corrected chi connectivity index (χ3v) is 5.29. The zero-order chi connectivity index (χ0) is 18.7. The molecular formula is C18H18N2O5S. The molecule has 0 saturated heterocycles. The number of aryl methyl sites for hydroxylation is 1. The molecular weight excluding hydrogens is 356 g/mol. The second kappa shape index (κ2) is 7.25. The van der Waals surface area contributed by atoms with Crippen LogP contribution in [0.4, 0.5) is 5.69 Å². The molecule has 0 bridgehead atoms. The quantitative estimate of drug-likeness (QED) is 0.585. The predicted octanol–water partition coefficient (Wildman–Crippen LogP) is 1.83. The number of hydrogen-bond donors (Lipinski definition) is 0. The Balaban J connectivity index is 1.72. The van der Waals surface area contributed by atoms with Gasteiger partial charge in [-0.25, -0.2) is 13.2 Å². The van der Waals surface area contributed by atoms with E-state index in [1.807, 2.05) is 0 Å². The molecule has 1 aliphatic heterocycles. The van der Waals surface area contributed by atoms with E-state index in [4.69, 9.17) is 4.74 Å². The molecule has 0 saturated carbocycles. The van der Waals surface area contributed by atoms with Gasteiger partial charge in [0.2, 0.25) is 10.0 Å². The van der Waals surface area contributed by atoms with E-state index in [0.29, 0.717) is 30.6 Å². The van der Waals surface area contributed by atoms with Crippen molar-refractivity contribution in [3.05, 3.63) is 59.4 Å². The van der Waals surface area contributed by atoms with Crippen LogP contribution in [0, 0.1) is 0 Å². The number of ketones is 1. The molecule has 1 aliphatic rings. The molecule has 2 aromatic rings. The Morgan fingerprint density at radius 2 is 2.04 bits per heavy atom. The van der Waals surface area contributed by atoms with E-state index in [1.54, 1.807) is 30.3 Å². The van der Waals surface area contributed by atoms with E-state index < -0.39 is 16.0 Å².